The zero-order valence-corrected chi connectivity index (χ0v) is 5.18. The molecule has 50 valence electrons. The summed E-state index contributed by atoms with van der Waals surface area (Å²) in [5, 5.41) is 6.14. The Morgan fingerprint density at radius 1 is 1.44 bits per heavy atom. The molecule has 2 aliphatic heterocycles. The molecule has 2 aliphatic rings. The second kappa shape index (κ2) is 1.70. The van der Waals surface area contributed by atoms with E-state index >= 15 is 0 Å². The lowest BCUT2D eigenvalue weighted by Gasteiger charge is -2.03. The fourth-order valence-corrected chi connectivity index (χ4v) is 1.62. The maximum Gasteiger partial charge on any atom is 0.220 e. The van der Waals surface area contributed by atoms with Gasteiger partial charge < -0.3 is 10.6 Å². The molecule has 9 heavy (non-hydrogen) atoms. The summed E-state index contributed by atoms with van der Waals surface area (Å²) in [5.41, 5.74) is 0. The zero-order valence-electron chi connectivity index (χ0n) is 5.18. The largest absolute Gasteiger partial charge is 0.352 e. The fraction of sp³-hybridized carbons (Fsp3) is 0.833. The van der Waals surface area contributed by atoms with Crippen LogP contribution in [0.5, 0.6) is 0 Å². The topological polar surface area (TPSA) is 41.1 Å². The van der Waals surface area contributed by atoms with Crippen LogP contribution in [0.4, 0.5) is 0 Å². The number of fused-ring (bicyclic) bond motifs is 1. The van der Waals surface area contributed by atoms with Gasteiger partial charge in [-0.2, -0.15) is 0 Å². The third kappa shape index (κ3) is 0.721. The molecule has 0 radical (unpaired) electrons. The summed E-state index contributed by atoms with van der Waals surface area (Å²) in [6, 6.07) is 0.442. The van der Waals surface area contributed by atoms with Gasteiger partial charge in [-0.1, -0.05) is 0 Å². The van der Waals surface area contributed by atoms with Crippen molar-refractivity contribution in [2.24, 2.45) is 5.92 Å². The van der Waals surface area contributed by atoms with Gasteiger partial charge in [0.25, 0.3) is 0 Å². The van der Waals surface area contributed by atoms with E-state index in [0.29, 0.717) is 12.0 Å². The van der Waals surface area contributed by atoms with Gasteiger partial charge >= 0.3 is 0 Å². The Labute approximate surface area is 53.8 Å². The minimum atomic E-state index is 0.228. The molecular weight excluding hydrogens is 116 g/mol. The predicted octanol–water partition coefficient (Wildman–Crippen LogP) is -0.906. The van der Waals surface area contributed by atoms with E-state index in [1.165, 1.54) is 0 Å². The van der Waals surface area contributed by atoms with Gasteiger partial charge in [0.1, 0.15) is 0 Å². The van der Waals surface area contributed by atoms with Crippen molar-refractivity contribution >= 4 is 5.91 Å². The first-order chi connectivity index (χ1) is 4.36. The van der Waals surface area contributed by atoms with Crippen LogP contribution in [0, 0.1) is 5.92 Å². The zero-order chi connectivity index (χ0) is 6.27. The van der Waals surface area contributed by atoms with Crippen molar-refractivity contribution in [1.29, 1.82) is 0 Å². The van der Waals surface area contributed by atoms with Gasteiger partial charge in [0.2, 0.25) is 5.91 Å². The molecule has 0 aliphatic carbocycles. The van der Waals surface area contributed by atoms with E-state index in [9.17, 15) is 4.79 Å². The van der Waals surface area contributed by atoms with Gasteiger partial charge in [0.15, 0.2) is 0 Å². The molecule has 2 rings (SSSR count). The van der Waals surface area contributed by atoms with Crippen LogP contribution in [0.2, 0.25) is 0 Å². The van der Waals surface area contributed by atoms with Crippen LogP contribution in [0.3, 0.4) is 0 Å². The number of carbonyl (C=O) groups excluding carboxylic acids is 1. The van der Waals surface area contributed by atoms with Gasteiger partial charge in [0.05, 0.1) is 0 Å². The molecule has 3 nitrogen and oxygen atoms in total. The molecule has 0 aromatic heterocycles. The lowest BCUT2D eigenvalue weighted by molar-refractivity contribution is -0.119. The maximum absolute atomic E-state index is 10.7. The molecule has 2 atom stereocenters. The molecule has 0 spiro atoms. The Hall–Kier alpha value is -0.570. The maximum atomic E-state index is 10.7. The van der Waals surface area contributed by atoms with Gasteiger partial charge in [0, 0.05) is 31.5 Å². The third-order valence-corrected chi connectivity index (χ3v) is 2.13. The summed E-state index contributed by atoms with van der Waals surface area (Å²) in [5.74, 6) is 0.809. The minimum absolute atomic E-state index is 0.228. The van der Waals surface area contributed by atoms with E-state index in [1.54, 1.807) is 0 Å². The molecule has 0 unspecified atom stereocenters. The van der Waals surface area contributed by atoms with Crippen LogP contribution in [0.1, 0.15) is 6.42 Å². The highest BCUT2D eigenvalue weighted by molar-refractivity contribution is 5.79. The Morgan fingerprint density at radius 3 is 3.11 bits per heavy atom. The monoisotopic (exact) mass is 126 g/mol. The van der Waals surface area contributed by atoms with Gasteiger partial charge in [-0.15, -0.1) is 0 Å². The molecular formula is C6H10N2O. The Kier molecular flexibility index (Phi) is 0.990. The number of carbonyl (C=O) groups is 1. The van der Waals surface area contributed by atoms with Crippen LogP contribution in [-0.2, 0) is 4.79 Å². The first-order valence-corrected chi connectivity index (χ1v) is 3.36. The molecule has 0 bridgehead atoms. The molecule has 2 N–H and O–H groups in total. The molecule has 2 heterocycles. The normalized spacial score (nSPS) is 40.7. The van der Waals surface area contributed by atoms with Crippen LogP contribution in [-0.4, -0.2) is 25.0 Å². The molecule has 0 saturated carbocycles. The van der Waals surface area contributed by atoms with Crippen molar-refractivity contribution in [1.82, 2.24) is 10.6 Å². The highest BCUT2D eigenvalue weighted by Crippen LogP contribution is 2.18. The summed E-state index contributed by atoms with van der Waals surface area (Å²) >= 11 is 0. The van der Waals surface area contributed by atoms with Crippen molar-refractivity contribution in [2.75, 3.05) is 13.1 Å². The second-order valence-electron chi connectivity index (χ2n) is 2.80. The Morgan fingerprint density at radius 2 is 2.33 bits per heavy atom. The first kappa shape index (κ1) is 5.23. The van der Waals surface area contributed by atoms with Crippen molar-refractivity contribution in [3.8, 4) is 0 Å². The number of hydrogen-bond acceptors (Lipinski definition) is 2. The lowest BCUT2D eigenvalue weighted by Crippen LogP contribution is -2.30. The van der Waals surface area contributed by atoms with Crippen molar-refractivity contribution in [3.05, 3.63) is 0 Å². The fourth-order valence-electron chi connectivity index (χ4n) is 1.62. The Balaban J connectivity index is 2.09. The summed E-state index contributed by atoms with van der Waals surface area (Å²) in [7, 11) is 0. The van der Waals surface area contributed by atoms with Gasteiger partial charge in [-0.3, -0.25) is 4.79 Å². The number of hydrogen-bond donors (Lipinski definition) is 2. The Bertz CT molecular complexity index is 132. The highest BCUT2D eigenvalue weighted by atomic mass is 16.2. The summed E-state index contributed by atoms with van der Waals surface area (Å²) in [6.07, 6.45) is 0.734. The lowest BCUT2D eigenvalue weighted by atomic mass is 10.1. The highest BCUT2D eigenvalue weighted by Gasteiger charge is 2.35. The van der Waals surface area contributed by atoms with Crippen LogP contribution in [0.15, 0.2) is 0 Å². The molecule has 2 saturated heterocycles. The van der Waals surface area contributed by atoms with Crippen LogP contribution >= 0.6 is 0 Å². The van der Waals surface area contributed by atoms with E-state index in [-0.39, 0.29) is 5.91 Å². The van der Waals surface area contributed by atoms with E-state index in [2.05, 4.69) is 10.6 Å². The average Bonchev–Trinajstić information content (AvgIpc) is 2.22. The number of amides is 1. The van der Waals surface area contributed by atoms with Crippen molar-refractivity contribution < 1.29 is 4.79 Å². The van der Waals surface area contributed by atoms with Crippen LogP contribution < -0.4 is 10.6 Å². The first-order valence-electron chi connectivity index (χ1n) is 3.36. The smallest absolute Gasteiger partial charge is 0.220 e. The molecule has 1 amide bonds. The van der Waals surface area contributed by atoms with E-state index in [4.69, 9.17) is 0 Å². The SMILES string of the molecule is O=C1C[C@@H]2CNC[C@H]2N1. The standard InChI is InChI=1S/C6H10N2O/c9-6-1-4-2-7-3-5(4)8-6/h4-5,7H,1-3H2,(H,8,9)/t4-,5-/m1/s1. The quantitative estimate of drug-likeness (QED) is 0.441. The summed E-state index contributed by atoms with van der Waals surface area (Å²) in [4.78, 5) is 10.7. The minimum Gasteiger partial charge on any atom is -0.352 e. The number of nitrogens with one attached hydrogen (secondary N) is 2. The van der Waals surface area contributed by atoms with E-state index in [1.807, 2.05) is 0 Å². The average molecular weight is 126 g/mol. The van der Waals surface area contributed by atoms with Crippen molar-refractivity contribution in [2.45, 2.75) is 12.5 Å². The second-order valence-corrected chi connectivity index (χ2v) is 2.80. The summed E-state index contributed by atoms with van der Waals surface area (Å²) in [6.45, 7) is 1.99. The third-order valence-electron chi connectivity index (χ3n) is 2.13. The molecule has 3 heteroatoms. The summed E-state index contributed by atoms with van der Waals surface area (Å²) < 4.78 is 0. The van der Waals surface area contributed by atoms with E-state index < -0.39 is 0 Å². The van der Waals surface area contributed by atoms with E-state index in [0.717, 1.165) is 19.5 Å². The van der Waals surface area contributed by atoms with Gasteiger partial charge in [-0.05, 0) is 0 Å². The van der Waals surface area contributed by atoms with Crippen LogP contribution in [0.25, 0.3) is 0 Å². The van der Waals surface area contributed by atoms with Gasteiger partial charge in [-0.25, -0.2) is 0 Å². The predicted molar refractivity (Wildman–Crippen MR) is 32.9 cm³/mol. The molecule has 2 fully saturated rings. The number of rotatable bonds is 0. The van der Waals surface area contributed by atoms with Crippen molar-refractivity contribution in [3.63, 3.8) is 0 Å². The molecule has 0 aromatic rings. The molecule has 0 aromatic carbocycles.